The Morgan fingerprint density at radius 2 is 2.36 bits per heavy atom. The van der Waals surface area contributed by atoms with Crippen molar-refractivity contribution in [1.29, 1.82) is 0 Å². The van der Waals surface area contributed by atoms with Gasteiger partial charge < -0.3 is 9.84 Å². The molecule has 0 aromatic carbocycles. The Balaban J connectivity index is 2.04. The lowest BCUT2D eigenvalue weighted by molar-refractivity contribution is -0.156. The summed E-state index contributed by atoms with van der Waals surface area (Å²) in [5, 5.41) is 10.1. The molecule has 0 unspecified atom stereocenters. The van der Waals surface area contributed by atoms with Gasteiger partial charge in [-0.2, -0.15) is 0 Å². The van der Waals surface area contributed by atoms with Crippen molar-refractivity contribution in [1.82, 2.24) is 9.88 Å². The molecule has 10 heteroatoms. The molecule has 2 aliphatic heterocycles. The van der Waals surface area contributed by atoms with Crippen LogP contribution in [0.2, 0.25) is 0 Å². The van der Waals surface area contributed by atoms with E-state index >= 15 is 0 Å². The third-order valence-corrected chi connectivity index (χ3v) is 7.30. The van der Waals surface area contributed by atoms with Gasteiger partial charge in [-0.3, -0.25) is 9.69 Å². The molecule has 0 radical (unpaired) electrons. The zero-order valence-corrected chi connectivity index (χ0v) is 13.0. The van der Waals surface area contributed by atoms with Gasteiger partial charge >= 0.3 is 6.16 Å². The number of carbonyl (C=O) groups excluding carboxylic acids is 1. The number of aromatic nitrogens is 1. The van der Waals surface area contributed by atoms with Crippen molar-refractivity contribution in [3.05, 3.63) is 22.7 Å². The number of sulfone groups is 1. The van der Waals surface area contributed by atoms with Crippen molar-refractivity contribution in [3.8, 4) is 0 Å². The lowest BCUT2D eigenvalue weighted by Gasteiger charge is -2.36. The van der Waals surface area contributed by atoms with Gasteiger partial charge in [0.25, 0.3) is 0 Å². The van der Waals surface area contributed by atoms with E-state index in [0.29, 0.717) is 5.01 Å². The summed E-state index contributed by atoms with van der Waals surface area (Å²) in [6.07, 6.45) is 1.24. The van der Waals surface area contributed by atoms with E-state index in [2.05, 4.69) is 4.98 Å². The molecule has 0 aliphatic carbocycles. The van der Waals surface area contributed by atoms with E-state index < -0.39 is 38.2 Å². The summed E-state index contributed by atoms with van der Waals surface area (Å²) in [5.41, 5.74) is 0. The van der Waals surface area contributed by atoms with Gasteiger partial charge in [0, 0.05) is 11.6 Å². The zero-order valence-electron chi connectivity index (χ0n) is 11.4. The number of amides is 1. The van der Waals surface area contributed by atoms with Crippen molar-refractivity contribution in [3.63, 3.8) is 0 Å². The topological polar surface area (TPSA) is 114 Å². The Labute approximate surface area is 129 Å². The highest BCUT2D eigenvalue weighted by Gasteiger charge is 2.68. The molecule has 118 valence electrons. The predicted octanol–water partition coefficient (Wildman–Crippen LogP) is 0.923. The highest BCUT2D eigenvalue weighted by atomic mass is 32.2. The van der Waals surface area contributed by atoms with Gasteiger partial charge in [-0.25, -0.2) is 18.2 Å². The number of hydrogen-bond donors (Lipinski definition) is 1. The Morgan fingerprint density at radius 1 is 1.64 bits per heavy atom. The molecule has 1 aromatic heterocycles. The minimum Gasteiger partial charge on any atom is -0.450 e. The standard InChI is InChI=1S/C12H12N2O6S2/c1-12(3-2-7-13-4-5-21-7)10(20-11(16)17)14-8(15)6-9(14)22(12,18)19/h2-5,9-10H,6H2,1H3,(H,16,17)/b3-2-/t9-,10+,12+/m1/s1. The van der Waals surface area contributed by atoms with E-state index in [-0.39, 0.29) is 6.42 Å². The maximum Gasteiger partial charge on any atom is 0.507 e. The van der Waals surface area contributed by atoms with Crippen LogP contribution < -0.4 is 0 Å². The molecule has 0 bridgehead atoms. The van der Waals surface area contributed by atoms with Crippen LogP contribution in [0, 0.1) is 0 Å². The molecular weight excluding hydrogens is 332 g/mol. The highest BCUT2D eigenvalue weighted by molar-refractivity contribution is 7.94. The van der Waals surface area contributed by atoms with Crippen LogP contribution >= 0.6 is 11.3 Å². The molecule has 2 saturated heterocycles. The van der Waals surface area contributed by atoms with Crippen molar-refractivity contribution < 1.29 is 27.9 Å². The lowest BCUT2D eigenvalue weighted by atomic mass is 10.0. The number of β-lactam (4-membered cyclic amide) rings is 1. The van der Waals surface area contributed by atoms with Crippen LogP contribution in [0.15, 0.2) is 17.7 Å². The molecule has 0 saturated carbocycles. The van der Waals surface area contributed by atoms with Gasteiger partial charge in [0.05, 0.1) is 6.42 Å². The van der Waals surface area contributed by atoms with Crippen molar-refractivity contribution in [2.45, 2.75) is 29.7 Å². The quantitative estimate of drug-likeness (QED) is 0.640. The fraction of sp³-hybridized carbons (Fsp3) is 0.417. The van der Waals surface area contributed by atoms with Crippen molar-refractivity contribution in [2.75, 3.05) is 0 Å². The zero-order chi connectivity index (χ0) is 16.1. The van der Waals surface area contributed by atoms with Crippen LogP contribution in [0.1, 0.15) is 18.4 Å². The summed E-state index contributed by atoms with van der Waals surface area (Å²) in [4.78, 5) is 27.5. The average molecular weight is 344 g/mol. The minimum atomic E-state index is -3.80. The van der Waals surface area contributed by atoms with Crippen LogP contribution in [0.25, 0.3) is 6.08 Å². The Bertz CT molecular complexity index is 757. The number of nitrogens with zero attached hydrogens (tertiary/aromatic N) is 2. The molecule has 2 fully saturated rings. The largest absolute Gasteiger partial charge is 0.507 e. The van der Waals surface area contributed by atoms with E-state index in [4.69, 9.17) is 9.84 Å². The maximum atomic E-state index is 12.6. The summed E-state index contributed by atoms with van der Waals surface area (Å²) in [6, 6.07) is 0. The number of fused-ring (bicyclic) bond motifs is 1. The second kappa shape index (κ2) is 4.78. The maximum absolute atomic E-state index is 12.6. The number of hydrogen-bond acceptors (Lipinski definition) is 7. The van der Waals surface area contributed by atoms with Gasteiger partial charge in [0.2, 0.25) is 12.1 Å². The van der Waals surface area contributed by atoms with E-state index in [1.165, 1.54) is 30.4 Å². The van der Waals surface area contributed by atoms with Crippen LogP contribution in [0.4, 0.5) is 4.79 Å². The summed E-state index contributed by atoms with van der Waals surface area (Å²) in [5.74, 6) is -0.439. The summed E-state index contributed by atoms with van der Waals surface area (Å²) < 4.78 is 28.3. The third kappa shape index (κ3) is 1.94. The molecule has 3 rings (SSSR count). The molecule has 2 aliphatic rings. The Hall–Kier alpha value is -1.94. The smallest absolute Gasteiger partial charge is 0.450 e. The summed E-state index contributed by atoms with van der Waals surface area (Å²) >= 11 is 1.31. The van der Waals surface area contributed by atoms with Gasteiger partial charge in [0.1, 0.15) is 15.1 Å². The fourth-order valence-electron chi connectivity index (χ4n) is 2.65. The van der Waals surface area contributed by atoms with E-state index in [1.807, 2.05) is 0 Å². The Morgan fingerprint density at radius 3 is 2.91 bits per heavy atom. The number of thiazole rings is 1. The van der Waals surface area contributed by atoms with Crippen molar-refractivity contribution >= 4 is 39.3 Å². The first-order valence-electron chi connectivity index (χ1n) is 6.30. The Kier molecular flexibility index (Phi) is 3.25. The molecule has 3 atom stereocenters. The SMILES string of the molecule is C[C@]1(/C=C\c2nccs2)[C@H](OC(=O)O)N2C(=O)C[C@H]2S1(=O)=O. The minimum absolute atomic E-state index is 0.150. The second-order valence-electron chi connectivity index (χ2n) is 5.13. The summed E-state index contributed by atoms with van der Waals surface area (Å²) in [7, 11) is -3.80. The predicted molar refractivity (Wildman–Crippen MR) is 76.6 cm³/mol. The number of ether oxygens (including phenoxy) is 1. The fourth-order valence-corrected chi connectivity index (χ4v) is 5.36. The molecular formula is C12H12N2O6S2. The summed E-state index contributed by atoms with van der Waals surface area (Å²) in [6.45, 7) is 1.35. The van der Waals surface area contributed by atoms with Crippen molar-refractivity contribution in [2.24, 2.45) is 0 Å². The molecule has 1 amide bonds. The van der Waals surface area contributed by atoms with Gasteiger partial charge in [0.15, 0.2) is 9.84 Å². The second-order valence-corrected chi connectivity index (χ2v) is 8.57. The van der Waals surface area contributed by atoms with Gasteiger partial charge in [-0.15, -0.1) is 11.3 Å². The molecule has 0 spiro atoms. The van der Waals surface area contributed by atoms with Crippen LogP contribution in [-0.2, 0) is 19.4 Å². The van der Waals surface area contributed by atoms with Crippen LogP contribution in [0.3, 0.4) is 0 Å². The number of rotatable bonds is 3. The molecule has 22 heavy (non-hydrogen) atoms. The average Bonchev–Trinajstić information content (AvgIpc) is 2.96. The molecule has 3 heterocycles. The normalized spacial score (nSPS) is 32.8. The molecule has 8 nitrogen and oxygen atoms in total. The van der Waals surface area contributed by atoms with E-state index in [0.717, 1.165) is 4.90 Å². The van der Waals surface area contributed by atoms with Gasteiger partial charge in [-0.1, -0.05) is 6.08 Å². The number of carboxylic acid groups (broad SMARTS) is 1. The first-order chi connectivity index (χ1) is 10.3. The third-order valence-electron chi connectivity index (χ3n) is 3.88. The van der Waals surface area contributed by atoms with E-state index in [9.17, 15) is 18.0 Å². The molecule has 1 N–H and O–H groups in total. The monoisotopic (exact) mass is 344 g/mol. The lowest BCUT2D eigenvalue weighted by Crippen LogP contribution is -2.55. The first kappa shape index (κ1) is 15.0. The van der Waals surface area contributed by atoms with E-state index in [1.54, 1.807) is 11.6 Å². The van der Waals surface area contributed by atoms with Gasteiger partial charge in [-0.05, 0) is 13.0 Å². The first-order valence-corrected chi connectivity index (χ1v) is 8.73. The van der Waals surface area contributed by atoms with Crippen LogP contribution in [-0.4, -0.2) is 51.8 Å². The highest BCUT2D eigenvalue weighted by Crippen LogP contribution is 2.47. The molecule has 1 aromatic rings. The number of carbonyl (C=O) groups is 2. The van der Waals surface area contributed by atoms with Crippen LogP contribution in [0.5, 0.6) is 0 Å².